The molecule has 0 bridgehead atoms. The fourth-order valence-electron chi connectivity index (χ4n) is 0.742. The molecule has 0 N–H and O–H groups in total. The van der Waals surface area contributed by atoms with Crippen LogP contribution in [0, 0.1) is 0 Å². The Morgan fingerprint density at radius 3 is 2.46 bits per heavy atom. The highest BCUT2D eigenvalue weighted by Gasteiger charge is 2.35. The van der Waals surface area contributed by atoms with Crippen molar-refractivity contribution in [2.45, 2.75) is 11.2 Å². The first-order valence-electron chi connectivity index (χ1n) is 3.13. The smallest absolute Gasteiger partial charge is 0.253 e. The fraction of sp³-hybridized carbons (Fsp3) is 0.333. The molecule has 0 spiro atoms. The van der Waals surface area contributed by atoms with E-state index in [2.05, 4.69) is 9.97 Å². The summed E-state index contributed by atoms with van der Waals surface area (Å²) in [7, 11) is -1.76. The molecule has 0 unspecified atom stereocenters. The quantitative estimate of drug-likeness (QED) is 0.655. The van der Waals surface area contributed by atoms with Gasteiger partial charge in [0.25, 0.3) is 0 Å². The predicted molar refractivity (Wildman–Crippen MR) is 39.4 cm³/mol. The van der Waals surface area contributed by atoms with Crippen LogP contribution in [0.1, 0.15) is 5.56 Å². The molecule has 0 aliphatic carbocycles. The molecule has 0 radical (unpaired) electrons. The van der Waals surface area contributed by atoms with Gasteiger partial charge in [-0.05, 0) is 0 Å². The van der Waals surface area contributed by atoms with Gasteiger partial charge in [-0.2, -0.15) is 13.2 Å². The molecule has 1 aromatic rings. The summed E-state index contributed by atoms with van der Waals surface area (Å²) < 4.78 is 47.4. The van der Waals surface area contributed by atoms with Gasteiger partial charge in [0.15, 0.2) is 0 Å². The normalized spacial score (nSPS) is 14.2. The van der Waals surface area contributed by atoms with Gasteiger partial charge in [0, 0.05) is 12.5 Å². The third-order valence-corrected chi connectivity index (χ3v) is 2.12. The number of rotatable bonds is 1. The Labute approximate surface area is 74.5 Å². The lowest BCUT2D eigenvalue weighted by molar-refractivity contribution is -0.140. The van der Waals surface area contributed by atoms with E-state index in [4.69, 9.17) is 0 Å². The summed E-state index contributed by atoms with van der Waals surface area (Å²) in [6.07, 6.45) is -1.87. The number of aromatic nitrogens is 2. The SMILES string of the molecule is C[S@@](=O)c1ncncc1C(F)(F)F. The average molecular weight is 210 g/mol. The molecule has 0 aliphatic rings. The zero-order valence-corrected chi connectivity index (χ0v) is 7.32. The number of nitrogens with zero attached hydrogens (tertiary/aromatic N) is 2. The summed E-state index contributed by atoms with van der Waals surface area (Å²) in [6, 6.07) is 0. The van der Waals surface area contributed by atoms with Crippen LogP contribution in [0.3, 0.4) is 0 Å². The Balaban J connectivity index is 3.28. The van der Waals surface area contributed by atoms with Crippen molar-refractivity contribution in [2.75, 3.05) is 6.26 Å². The highest BCUT2D eigenvalue weighted by Crippen LogP contribution is 2.31. The Morgan fingerprint density at radius 2 is 2.08 bits per heavy atom. The molecule has 1 rings (SSSR count). The maximum absolute atomic E-state index is 12.2. The van der Waals surface area contributed by atoms with Crippen LogP contribution in [0.5, 0.6) is 0 Å². The second-order valence-corrected chi connectivity index (χ2v) is 3.49. The van der Waals surface area contributed by atoms with Crippen LogP contribution in [-0.2, 0) is 17.0 Å². The van der Waals surface area contributed by atoms with Crippen molar-refractivity contribution < 1.29 is 17.4 Å². The van der Waals surface area contributed by atoms with Gasteiger partial charge >= 0.3 is 6.18 Å². The lowest BCUT2D eigenvalue weighted by atomic mass is 10.3. The zero-order valence-electron chi connectivity index (χ0n) is 6.50. The van der Waals surface area contributed by atoms with E-state index >= 15 is 0 Å². The van der Waals surface area contributed by atoms with Crippen LogP contribution in [0.4, 0.5) is 13.2 Å². The van der Waals surface area contributed by atoms with Crippen LogP contribution >= 0.6 is 0 Å². The molecule has 0 saturated heterocycles. The second-order valence-electron chi connectivity index (χ2n) is 2.19. The van der Waals surface area contributed by atoms with Crippen LogP contribution in [0.15, 0.2) is 17.6 Å². The van der Waals surface area contributed by atoms with Crippen molar-refractivity contribution in [2.24, 2.45) is 0 Å². The van der Waals surface area contributed by atoms with E-state index in [1.165, 1.54) is 0 Å². The summed E-state index contributed by atoms with van der Waals surface area (Å²) in [5.74, 6) is 0. The van der Waals surface area contributed by atoms with Crippen molar-refractivity contribution in [3.8, 4) is 0 Å². The fourth-order valence-corrected chi connectivity index (χ4v) is 1.42. The molecule has 3 nitrogen and oxygen atoms in total. The molecule has 72 valence electrons. The highest BCUT2D eigenvalue weighted by atomic mass is 32.2. The molecular weight excluding hydrogens is 205 g/mol. The van der Waals surface area contributed by atoms with Gasteiger partial charge in [-0.15, -0.1) is 0 Å². The highest BCUT2D eigenvalue weighted by molar-refractivity contribution is 7.84. The third-order valence-electron chi connectivity index (χ3n) is 1.25. The third kappa shape index (κ3) is 2.24. The van der Waals surface area contributed by atoms with Gasteiger partial charge < -0.3 is 0 Å². The van der Waals surface area contributed by atoms with Crippen molar-refractivity contribution >= 4 is 10.8 Å². The molecular formula is C6H5F3N2OS. The first-order chi connectivity index (χ1) is 5.93. The van der Waals surface area contributed by atoms with Crippen molar-refractivity contribution in [1.82, 2.24) is 9.97 Å². The lowest BCUT2D eigenvalue weighted by Gasteiger charge is -2.08. The first kappa shape index (κ1) is 10.1. The average Bonchev–Trinajstić information content (AvgIpc) is 2.03. The minimum absolute atomic E-state index is 0.484. The number of alkyl halides is 3. The van der Waals surface area contributed by atoms with Gasteiger partial charge in [0.05, 0.1) is 10.8 Å². The molecule has 7 heteroatoms. The zero-order chi connectivity index (χ0) is 10.1. The molecule has 0 saturated carbocycles. The molecule has 1 atom stereocenters. The maximum Gasteiger partial charge on any atom is 0.420 e. The first-order valence-corrected chi connectivity index (χ1v) is 4.69. The van der Waals surface area contributed by atoms with Gasteiger partial charge in [-0.3, -0.25) is 4.21 Å². The van der Waals surface area contributed by atoms with Crippen LogP contribution in [0.2, 0.25) is 0 Å². The summed E-state index contributed by atoms with van der Waals surface area (Å²) in [6.45, 7) is 0. The minimum Gasteiger partial charge on any atom is -0.253 e. The molecule has 1 heterocycles. The van der Waals surface area contributed by atoms with Crippen LogP contribution in [-0.4, -0.2) is 20.4 Å². The van der Waals surface area contributed by atoms with Gasteiger partial charge in [-0.25, -0.2) is 9.97 Å². The standard InChI is InChI=1S/C6H5F3N2OS/c1-13(12)5-4(6(7,8)9)2-10-3-11-5/h2-3H,1H3/t13-/m1/s1. The Bertz CT molecular complexity index is 339. The van der Waals surface area contributed by atoms with Crippen LogP contribution < -0.4 is 0 Å². The number of hydrogen-bond donors (Lipinski definition) is 0. The molecule has 0 fully saturated rings. The van der Waals surface area contributed by atoms with Crippen LogP contribution in [0.25, 0.3) is 0 Å². The van der Waals surface area contributed by atoms with E-state index in [0.29, 0.717) is 6.20 Å². The summed E-state index contributed by atoms with van der Waals surface area (Å²) in [4.78, 5) is 6.54. The summed E-state index contributed by atoms with van der Waals surface area (Å²) >= 11 is 0. The monoisotopic (exact) mass is 210 g/mol. The van der Waals surface area contributed by atoms with E-state index in [9.17, 15) is 17.4 Å². The Kier molecular flexibility index (Phi) is 2.65. The number of halogens is 3. The molecule has 1 aromatic heterocycles. The van der Waals surface area contributed by atoms with Crippen molar-refractivity contribution in [3.05, 3.63) is 18.1 Å². The van der Waals surface area contributed by atoms with E-state index in [1.807, 2.05) is 0 Å². The van der Waals surface area contributed by atoms with Gasteiger partial charge in [-0.1, -0.05) is 0 Å². The summed E-state index contributed by atoms with van der Waals surface area (Å²) in [5, 5.41) is -0.484. The minimum atomic E-state index is -4.55. The molecule has 0 aromatic carbocycles. The Morgan fingerprint density at radius 1 is 1.46 bits per heavy atom. The van der Waals surface area contributed by atoms with Gasteiger partial charge in [0.2, 0.25) is 0 Å². The van der Waals surface area contributed by atoms with E-state index in [-0.39, 0.29) is 0 Å². The van der Waals surface area contributed by atoms with Gasteiger partial charge in [0.1, 0.15) is 16.9 Å². The lowest BCUT2D eigenvalue weighted by Crippen LogP contribution is -2.11. The second kappa shape index (κ2) is 3.41. The molecule has 0 amide bonds. The number of hydrogen-bond acceptors (Lipinski definition) is 3. The van der Waals surface area contributed by atoms with E-state index < -0.39 is 27.6 Å². The summed E-state index contributed by atoms with van der Waals surface area (Å²) in [5.41, 5.74) is -1.05. The topological polar surface area (TPSA) is 42.9 Å². The Hall–Kier alpha value is -0.980. The van der Waals surface area contributed by atoms with E-state index in [1.54, 1.807) is 0 Å². The maximum atomic E-state index is 12.2. The molecule has 0 aliphatic heterocycles. The van der Waals surface area contributed by atoms with E-state index in [0.717, 1.165) is 12.6 Å². The van der Waals surface area contributed by atoms with Crippen molar-refractivity contribution in [3.63, 3.8) is 0 Å². The van der Waals surface area contributed by atoms with Crippen molar-refractivity contribution in [1.29, 1.82) is 0 Å². The largest absolute Gasteiger partial charge is 0.420 e. The predicted octanol–water partition coefficient (Wildman–Crippen LogP) is 1.23. The molecule has 13 heavy (non-hydrogen) atoms.